The van der Waals surface area contributed by atoms with Gasteiger partial charge in [-0.1, -0.05) is 25.3 Å². The monoisotopic (exact) mass is 447 g/mol. The van der Waals surface area contributed by atoms with Crippen LogP contribution in [0.25, 0.3) is 0 Å². The largest absolute Gasteiger partial charge is 0.467 e. The Morgan fingerprint density at radius 3 is 2.58 bits per heavy atom. The topological polar surface area (TPSA) is 109 Å². The van der Waals surface area contributed by atoms with E-state index in [1.807, 2.05) is 0 Å². The summed E-state index contributed by atoms with van der Waals surface area (Å²) < 4.78 is 33.6. The highest BCUT2D eigenvalue weighted by Gasteiger charge is 2.24. The lowest BCUT2D eigenvalue weighted by atomic mass is 9.96. The summed E-state index contributed by atoms with van der Waals surface area (Å²) in [5.74, 6) is -0.144. The van der Waals surface area contributed by atoms with Gasteiger partial charge in [0, 0.05) is 18.7 Å². The Labute approximate surface area is 183 Å². The van der Waals surface area contributed by atoms with Crippen LogP contribution in [0.4, 0.5) is 0 Å². The van der Waals surface area contributed by atoms with Crippen LogP contribution in [0.15, 0.2) is 45.9 Å². The van der Waals surface area contributed by atoms with Crippen LogP contribution in [-0.2, 0) is 21.4 Å². The highest BCUT2D eigenvalue weighted by atomic mass is 32.2. The molecule has 0 radical (unpaired) electrons. The molecular formula is C22H29N3O5S. The van der Waals surface area contributed by atoms with Gasteiger partial charge >= 0.3 is 0 Å². The van der Waals surface area contributed by atoms with Crippen LogP contribution < -0.4 is 10.0 Å². The number of sulfonamides is 1. The first kappa shape index (κ1) is 23.0. The van der Waals surface area contributed by atoms with Gasteiger partial charge in [-0.05, 0) is 49.6 Å². The fourth-order valence-electron chi connectivity index (χ4n) is 3.65. The Kier molecular flexibility index (Phi) is 7.50. The fraction of sp³-hybridized carbons (Fsp3) is 0.455. The Morgan fingerprint density at radius 2 is 1.90 bits per heavy atom. The molecule has 1 saturated carbocycles. The number of furan rings is 1. The van der Waals surface area contributed by atoms with E-state index in [2.05, 4.69) is 10.0 Å². The standard InChI is InChI=1S/C22H29N3O5S/c1-16-10-11-19(31(28,29)24-17-7-4-3-5-8-17)13-20(16)22(27)25(2)15-21(26)23-14-18-9-6-12-30-18/h6,9-13,17,24H,3-5,7-8,14-15H2,1-2H3,(H,23,26). The summed E-state index contributed by atoms with van der Waals surface area (Å²) in [4.78, 5) is 26.4. The van der Waals surface area contributed by atoms with E-state index in [1.54, 1.807) is 25.1 Å². The lowest BCUT2D eigenvalue weighted by molar-refractivity contribution is -0.121. The molecule has 9 heteroatoms. The van der Waals surface area contributed by atoms with Gasteiger partial charge in [0.05, 0.1) is 24.2 Å². The number of benzene rings is 1. The Bertz CT molecular complexity index is 1010. The molecule has 1 aliphatic carbocycles. The third-order valence-electron chi connectivity index (χ3n) is 5.44. The van der Waals surface area contributed by atoms with Crippen LogP contribution in [0, 0.1) is 6.92 Å². The molecule has 1 heterocycles. The molecule has 3 rings (SSSR count). The SMILES string of the molecule is Cc1ccc(S(=O)(=O)NC2CCCCC2)cc1C(=O)N(C)CC(=O)NCc1ccco1. The van der Waals surface area contributed by atoms with Gasteiger partial charge in [0.1, 0.15) is 5.76 Å². The molecular weight excluding hydrogens is 418 g/mol. The zero-order valence-corrected chi connectivity index (χ0v) is 18.7. The van der Waals surface area contributed by atoms with Crippen LogP contribution in [0.1, 0.15) is 53.8 Å². The van der Waals surface area contributed by atoms with E-state index in [-0.39, 0.29) is 35.5 Å². The van der Waals surface area contributed by atoms with Crippen molar-refractivity contribution in [1.82, 2.24) is 14.9 Å². The smallest absolute Gasteiger partial charge is 0.254 e. The minimum absolute atomic E-state index is 0.0581. The van der Waals surface area contributed by atoms with Gasteiger partial charge in [0.2, 0.25) is 15.9 Å². The van der Waals surface area contributed by atoms with Crippen molar-refractivity contribution in [3.8, 4) is 0 Å². The van der Waals surface area contributed by atoms with E-state index < -0.39 is 15.9 Å². The van der Waals surface area contributed by atoms with Crippen molar-refractivity contribution in [2.75, 3.05) is 13.6 Å². The fourth-order valence-corrected chi connectivity index (χ4v) is 4.98. The van der Waals surface area contributed by atoms with E-state index >= 15 is 0 Å². The summed E-state index contributed by atoms with van der Waals surface area (Å²) in [5, 5.41) is 2.69. The van der Waals surface area contributed by atoms with Crippen molar-refractivity contribution in [3.63, 3.8) is 0 Å². The van der Waals surface area contributed by atoms with Crippen LogP contribution in [-0.4, -0.2) is 44.8 Å². The van der Waals surface area contributed by atoms with Gasteiger partial charge in [-0.25, -0.2) is 13.1 Å². The van der Waals surface area contributed by atoms with Gasteiger partial charge < -0.3 is 14.6 Å². The Hall–Kier alpha value is -2.65. The van der Waals surface area contributed by atoms with E-state index in [9.17, 15) is 18.0 Å². The average molecular weight is 448 g/mol. The van der Waals surface area contributed by atoms with Gasteiger partial charge in [0.15, 0.2) is 0 Å². The predicted octanol–water partition coefficient (Wildman–Crippen LogP) is 2.59. The van der Waals surface area contributed by atoms with Crippen LogP contribution in [0.3, 0.4) is 0 Å². The zero-order valence-electron chi connectivity index (χ0n) is 17.9. The second kappa shape index (κ2) is 10.1. The van der Waals surface area contributed by atoms with Crippen molar-refractivity contribution in [3.05, 3.63) is 53.5 Å². The zero-order chi connectivity index (χ0) is 22.4. The average Bonchev–Trinajstić information content (AvgIpc) is 3.26. The molecule has 1 aromatic heterocycles. The minimum atomic E-state index is -3.73. The molecule has 0 saturated heterocycles. The normalized spacial score (nSPS) is 14.9. The summed E-state index contributed by atoms with van der Waals surface area (Å²) in [6.45, 7) is 1.81. The molecule has 8 nitrogen and oxygen atoms in total. The van der Waals surface area contributed by atoms with E-state index in [0.717, 1.165) is 32.1 Å². The molecule has 2 amide bonds. The highest BCUT2D eigenvalue weighted by molar-refractivity contribution is 7.89. The molecule has 2 aromatic rings. The molecule has 0 unspecified atom stereocenters. The molecule has 2 N–H and O–H groups in total. The highest BCUT2D eigenvalue weighted by Crippen LogP contribution is 2.22. The molecule has 31 heavy (non-hydrogen) atoms. The second-order valence-corrected chi connectivity index (χ2v) is 9.66. The number of likely N-dealkylation sites (N-methyl/N-ethyl adjacent to an activating group) is 1. The number of hydrogen-bond acceptors (Lipinski definition) is 5. The third-order valence-corrected chi connectivity index (χ3v) is 6.96. The summed E-state index contributed by atoms with van der Waals surface area (Å²) >= 11 is 0. The molecule has 0 aliphatic heterocycles. The third kappa shape index (κ3) is 6.18. The first-order valence-corrected chi connectivity index (χ1v) is 11.9. The van der Waals surface area contributed by atoms with Crippen molar-refractivity contribution < 1.29 is 22.4 Å². The summed E-state index contributed by atoms with van der Waals surface area (Å²) in [7, 11) is -2.22. The first-order chi connectivity index (χ1) is 14.8. The molecule has 1 aliphatic rings. The van der Waals surface area contributed by atoms with Gasteiger partial charge in [-0.2, -0.15) is 0 Å². The molecule has 0 spiro atoms. The summed E-state index contributed by atoms with van der Waals surface area (Å²) in [5.41, 5.74) is 0.900. The quantitative estimate of drug-likeness (QED) is 0.647. The van der Waals surface area contributed by atoms with Crippen molar-refractivity contribution in [1.29, 1.82) is 0 Å². The van der Waals surface area contributed by atoms with Gasteiger partial charge in [0.25, 0.3) is 5.91 Å². The molecule has 1 fully saturated rings. The molecule has 0 bridgehead atoms. The molecule has 168 valence electrons. The van der Waals surface area contributed by atoms with Gasteiger partial charge in [-0.15, -0.1) is 0 Å². The number of aryl methyl sites for hydroxylation is 1. The number of nitrogens with one attached hydrogen (secondary N) is 2. The maximum absolute atomic E-state index is 12.9. The Balaban J connectivity index is 1.66. The van der Waals surface area contributed by atoms with E-state index in [0.29, 0.717) is 11.3 Å². The van der Waals surface area contributed by atoms with E-state index in [4.69, 9.17) is 4.42 Å². The number of hydrogen-bond donors (Lipinski definition) is 2. The second-order valence-electron chi connectivity index (χ2n) is 7.95. The number of nitrogens with zero attached hydrogens (tertiary/aromatic N) is 1. The first-order valence-electron chi connectivity index (χ1n) is 10.4. The maximum Gasteiger partial charge on any atom is 0.254 e. The van der Waals surface area contributed by atoms with Crippen LogP contribution >= 0.6 is 0 Å². The van der Waals surface area contributed by atoms with Crippen molar-refractivity contribution in [2.24, 2.45) is 0 Å². The molecule has 0 atom stereocenters. The lowest BCUT2D eigenvalue weighted by Crippen LogP contribution is -2.38. The van der Waals surface area contributed by atoms with Crippen LogP contribution in [0.2, 0.25) is 0 Å². The van der Waals surface area contributed by atoms with E-state index in [1.165, 1.54) is 30.3 Å². The maximum atomic E-state index is 12.9. The number of carbonyl (C=O) groups excluding carboxylic acids is 2. The Morgan fingerprint density at radius 1 is 1.16 bits per heavy atom. The van der Waals surface area contributed by atoms with Crippen molar-refractivity contribution >= 4 is 21.8 Å². The summed E-state index contributed by atoms with van der Waals surface area (Å²) in [6.07, 6.45) is 6.32. The predicted molar refractivity (Wildman–Crippen MR) is 116 cm³/mol. The number of carbonyl (C=O) groups is 2. The summed E-state index contributed by atoms with van der Waals surface area (Å²) in [6, 6.07) is 7.91. The van der Waals surface area contributed by atoms with Crippen molar-refractivity contribution in [2.45, 2.75) is 56.5 Å². The van der Waals surface area contributed by atoms with Crippen LogP contribution in [0.5, 0.6) is 0 Å². The number of amides is 2. The number of rotatable bonds is 8. The lowest BCUT2D eigenvalue weighted by Gasteiger charge is -2.23. The molecule has 1 aromatic carbocycles. The minimum Gasteiger partial charge on any atom is -0.467 e. The van der Waals surface area contributed by atoms with Gasteiger partial charge in [-0.3, -0.25) is 9.59 Å².